The molecule has 1 N–H and O–H groups in total. The van der Waals surface area contributed by atoms with Crippen LogP contribution in [0.5, 0.6) is 0 Å². The molecule has 4 rings (SSSR count). The Morgan fingerprint density at radius 1 is 1.30 bits per heavy atom. The van der Waals surface area contributed by atoms with Crippen molar-refractivity contribution in [3.8, 4) is 0 Å². The molecule has 1 saturated heterocycles. The second-order valence-electron chi connectivity index (χ2n) is 9.55. The number of anilines is 3. The molecular weight excluding hydrogens is 448 g/mol. The molecule has 0 amide bonds. The van der Waals surface area contributed by atoms with E-state index in [1.165, 1.54) is 12.5 Å². The molecule has 0 spiro atoms. The van der Waals surface area contributed by atoms with Gasteiger partial charge in [0.05, 0.1) is 31.1 Å². The van der Waals surface area contributed by atoms with Crippen molar-refractivity contribution < 1.29 is 22.7 Å². The Kier molecular flexibility index (Phi) is 5.85. The van der Waals surface area contributed by atoms with Gasteiger partial charge in [-0.05, 0) is 40.5 Å². The Hall–Kier alpha value is -2.73. The first-order chi connectivity index (χ1) is 15.4. The molecule has 0 radical (unpaired) electrons. The van der Waals surface area contributed by atoms with Crippen LogP contribution in [-0.4, -0.2) is 71.9 Å². The number of carbonyl (C=O) groups excluding carboxylic acids is 1. The third kappa shape index (κ3) is 4.81. The van der Waals surface area contributed by atoms with Crippen molar-refractivity contribution in [2.24, 2.45) is 0 Å². The van der Waals surface area contributed by atoms with Crippen LogP contribution in [0.15, 0.2) is 18.3 Å². The summed E-state index contributed by atoms with van der Waals surface area (Å²) >= 11 is 0. The zero-order valence-corrected chi connectivity index (χ0v) is 20.3. The number of nitrogens with one attached hydrogen (secondary N) is 1. The standard InChI is InChI=1S/C21H30N6O5S/c1-14-13-31-11-10-26(14)17-12-15(21(7-8-21)33(5,29)30)23-18(25-17)24-16-6-9-22-27(16)19(28)32-20(2,3)4/h6,9,12,14H,7-8,10-11,13H2,1-5H3,(H,23,24,25)/t14-/m1/s1. The topological polar surface area (TPSA) is 129 Å². The Bertz CT molecular complexity index is 1150. The van der Waals surface area contributed by atoms with Gasteiger partial charge in [-0.2, -0.15) is 10.1 Å². The van der Waals surface area contributed by atoms with Crippen LogP contribution in [-0.2, 0) is 24.1 Å². The second kappa shape index (κ2) is 8.24. The molecule has 1 aliphatic carbocycles. The molecule has 0 aromatic carbocycles. The van der Waals surface area contributed by atoms with Crippen LogP contribution in [0.25, 0.3) is 0 Å². The molecule has 12 heteroatoms. The van der Waals surface area contributed by atoms with E-state index in [0.29, 0.717) is 49.9 Å². The first kappa shape index (κ1) is 23.4. The van der Waals surface area contributed by atoms with Crippen molar-refractivity contribution in [2.75, 3.05) is 36.2 Å². The number of ether oxygens (including phenoxy) is 2. The lowest BCUT2D eigenvalue weighted by molar-refractivity contribution is 0.0518. The van der Waals surface area contributed by atoms with Crippen LogP contribution in [0.1, 0.15) is 46.2 Å². The van der Waals surface area contributed by atoms with Crippen LogP contribution >= 0.6 is 0 Å². The van der Waals surface area contributed by atoms with Crippen LogP contribution in [0.3, 0.4) is 0 Å². The molecule has 2 fully saturated rings. The minimum atomic E-state index is -3.38. The summed E-state index contributed by atoms with van der Waals surface area (Å²) in [4.78, 5) is 23.8. The Morgan fingerprint density at radius 3 is 2.64 bits per heavy atom. The van der Waals surface area contributed by atoms with Crippen LogP contribution in [0.4, 0.5) is 22.4 Å². The summed E-state index contributed by atoms with van der Waals surface area (Å²) in [6, 6.07) is 3.42. The lowest BCUT2D eigenvalue weighted by atomic mass is 10.2. The normalized spacial score (nSPS) is 20.4. The summed E-state index contributed by atoms with van der Waals surface area (Å²) in [6.45, 7) is 9.05. The second-order valence-corrected chi connectivity index (χ2v) is 11.9. The van der Waals surface area contributed by atoms with Gasteiger partial charge >= 0.3 is 6.09 Å². The van der Waals surface area contributed by atoms with Gasteiger partial charge in [-0.25, -0.2) is 18.2 Å². The van der Waals surface area contributed by atoms with E-state index >= 15 is 0 Å². The maximum absolute atomic E-state index is 12.6. The third-order valence-corrected chi connectivity index (χ3v) is 7.74. The number of aromatic nitrogens is 4. The van der Waals surface area contributed by atoms with Gasteiger partial charge in [0.2, 0.25) is 5.95 Å². The number of hydrogen-bond donors (Lipinski definition) is 1. The van der Waals surface area contributed by atoms with E-state index in [2.05, 4.69) is 25.3 Å². The minimum absolute atomic E-state index is 0.0648. The van der Waals surface area contributed by atoms with Crippen molar-refractivity contribution in [1.82, 2.24) is 19.7 Å². The number of nitrogens with zero attached hydrogens (tertiary/aromatic N) is 5. The maximum Gasteiger partial charge on any atom is 0.437 e. The number of hydrogen-bond acceptors (Lipinski definition) is 10. The van der Waals surface area contributed by atoms with Gasteiger partial charge in [-0.1, -0.05) is 0 Å². The molecule has 0 bridgehead atoms. The van der Waals surface area contributed by atoms with Crippen LogP contribution in [0.2, 0.25) is 0 Å². The van der Waals surface area contributed by atoms with E-state index in [1.807, 2.05) is 6.92 Å². The van der Waals surface area contributed by atoms with Crippen molar-refractivity contribution in [3.63, 3.8) is 0 Å². The van der Waals surface area contributed by atoms with E-state index in [-0.39, 0.29) is 12.0 Å². The van der Waals surface area contributed by atoms with Gasteiger partial charge in [0.25, 0.3) is 0 Å². The van der Waals surface area contributed by atoms with Crippen molar-refractivity contribution in [3.05, 3.63) is 24.0 Å². The summed E-state index contributed by atoms with van der Waals surface area (Å²) in [5, 5.41) is 7.07. The van der Waals surface area contributed by atoms with E-state index in [1.54, 1.807) is 32.9 Å². The van der Waals surface area contributed by atoms with Crippen LogP contribution < -0.4 is 10.2 Å². The predicted octanol–water partition coefficient (Wildman–Crippen LogP) is 2.46. The van der Waals surface area contributed by atoms with Gasteiger partial charge in [-0.3, -0.25) is 0 Å². The first-order valence-electron chi connectivity index (χ1n) is 10.9. The molecule has 2 aromatic rings. The SMILES string of the molecule is C[C@@H]1COCCN1c1cc(C2(S(C)(=O)=O)CC2)nc(Nc2ccnn2C(=O)OC(C)(C)C)n1. The van der Waals surface area contributed by atoms with E-state index in [0.717, 1.165) is 4.68 Å². The van der Waals surface area contributed by atoms with Gasteiger partial charge in [0.1, 0.15) is 22.0 Å². The summed E-state index contributed by atoms with van der Waals surface area (Å²) in [5.74, 6) is 1.10. The fourth-order valence-electron chi connectivity index (χ4n) is 3.83. The highest BCUT2D eigenvalue weighted by molar-refractivity contribution is 7.91. The molecule has 11 nitrogen and oxygen atoms in total. The summed E-state index contributed by atoms with van der Waals surface area (Å²) in [6.07, 6.45) is 3.07. The van der Waals surface area contributed by atoms with Crippen molar-refractivity contribution in [1.29, 1.82) is 0 Å². The lowest BCUT2D eigenvalue weighted by Crippen LogP contribution is -2.44. The number of morpholine rings is 1. The minimum Gasteiger partial charge on any atom is -0.442 e. The van der Waals surface area contributed by atoms with Crippen LogP contribution in [0, 0.1) is 0 Å². The third-order valence-electron chi connectivity index (χ3n) is 5.70. The lowest BCUT2D eigenvalue weighted by Gasteiger charge is -2.34. The van der Waals surface area contributed by atoms with Crippen molar-refractivity contribution >= 4 is 33.5 Å². The summed E-state index contributed by atoms with van der Waals surface area (Å²) in [7, 11) is -3.38. The molecule has 2 aliphatic rings. The van der Waals surface area contributed by atoms with Gasteiger partial charge < -0.3 is 19.7 Å². The average molecular weight is 479 g/mol. The molecule has 180 valence electrons. The molecule has 0 unspecified atom stereocenters. The molecule has 2 aromatic heterocycles. The fraction of sp³-hybridized carbons (Fsp3) is 0.619. The van der Waals surface area contributed by atoms with Gasteiger partial charge in [0, 0.05) is 24.9 Å². The van der Waals surface area contributed by atoms with Crippen molar-refractivity contribution in [2.45, 2.75) is 56.9 Å². The number of rotatable bonds is 5. The Labute approximate surface area is 193 Å². The van der Waals surface area contributed by atoms with E-state index in [4.69, 9.17) is 9.47 Å². The number of sulfone groups is 1. The molecule has 33 heavy (non-hydrogen) atoms. The fourth-order valence-corrected chi connectivity index (χ4v) is 5.16. The zero-order chi connectivity index (χ0) is 24.0. The molecule has 1 atom stereocenters. The monoisotopic (exact) mass is 478 g/mol. The van der Waals surface area contributed by atoms with E-state index < -0.39 is 26.3 Å². The zero-order valence-electron chi connectivity index (χ0n) is 19.5. The Morgan fingerprint density at radius 2 is 2.03 bits per heavy atom. The predicted molar refractivity (Wildman–Crippen MR) is 123 cm³/mol. The molecule has 1 aliphatic heterocycles. The molecular formula is C21H30N6O5S. The maximum atomic E-state index is 12.6. The summed E-state index contributed by atoms with van der Waals surface area (Å²) in [5.41, 5.74) is -0.246. The number of carbonyl (C=O) groups is 1. The van der Waals surface area contributed by atoms with Gasteiger partial charge in [-0.15, -0.1) is 4.68 Å². The highest BCUT2D eigenvalue weighted by Crippen LogP contribution is 2.52. The highest BCUT2D eigenvalue weighted by Gasteiger charge is 2.55. The largest absolute Gasteiger partial charge is 0.442 e. The van der Waals surface area contributed by atoms with E-state index in [9.17, 15) is 13.2 Å². The van der Waals surface area contributed by atoms with Gasteiger partial charge in [0.15, 0.2) is 9.84 Å². The molecule has 1 saturated carbocycles. The quantitative estimate of drug-likeness (QED) is 0.684. The Balaban J connectivity index is 1.72. The molecule has 3 heterocycles. The highest BCUT2D eigenvalue weighted by atomic mass is 32.2. The average Bonchev–Trinajstić information content (AvgIpc) is 3.41. The summed E-state index contributed by atoms with van der Waals surface area (Å²) < 4.78 is 36.2. The smallest absolute Gasteiger partial charge is 0.437 e. The first-order valence-corrected chi connectivity index (χ1v) is 12.8.